The first-order chi connectivity index (χ1) is 10.2. The summed E-state index contributed by atoms with van der Waals surface area (Å²) in [5, 5.41) is 3.17. The van der Waals surface area contributed by atoms with Crippen LogP contribution in [0.15, 0.2) is 0 Å². The summed E-state index contributed by atoms with van der Waals surface area (Å²) in [5.74, 6) is 0. The minimum atomic E-state index is 0.113. The van der Waals surface area contributed by atoms with Gasteiger partial charge in [0.15, 0.2) is 0 Å². The number of amides is 2. The van der Waals surface area contributed by atoms with Gasteiger partial charge >= 0.3 is 6.03 Å². The molecule has 3 rings (SSSR count). The van der Waals surface area contributed by atoms with E-state index >= 15 is 0 Å². The van der Waals surface area contributed by atoms with E-state index < -0.39 is 0 Å². The van der Waals surface area contributed by atoms with Gasteiger partial charge in [0.1, 0.15) is 0 Å². The molecule has 0 aromatic rings. The van der Waals surface area contributed by atoms with E-state index in [1.807, 2.05) is 4.90 Å². The van der Waals surface area contributed by atoms with Crippen molar-refractivity contribution < 1.29 is 14.3 Å². The predicted molar refractivity (Wildman–Crippen MR) is 80.2 cm³/mol. The largest absolute Gasteiger partial charge is 0.385 e. The Labute approximate surface area is 127 Å². The van der Waals surface area contributed by atoms with E-state index in [0.717, 1.165) is 58.7 Å². The summed E-state index contributed by atoms with van der Waals surface area (Å²) < 4.78 is 10.7. The highest BCUT2D eigenvalue weighted by Gasteiger charge is 2.43. The van der Waals surface area contributed by atoms with E-state index in [0.29, 0.717) is 5.41 Å². The highest BCUT2D eigenvalue weighted by molar-refractivity contribution is 5.74. The predicted octanol–water partition coefficient (Wildman–Crippen LogP) is 2.02. The Morgan fingerprint density at radius 3 is 2.81 bits per heavy atom. The van der Waals surface area contributed by atoms with Crippen LogP contribution in [0.25, 0.3) is 0 Å². The molecule has 1 spiro atoms. The lowest BCUT2D eigenvalue weighted by atomic mass is 9.67. The molecule has 2 saturated heterocycles. The molecular formula is C16H28N2O3. The van der Waals surface area contributed by atoms with Gasteiger partial charge in [-0.2, -0.15) is 0 Å². The summed E-state index contributed by atoms with van der Waals surface area (Å²) >= 11 is 0. The van der Waals surface area contributed by atoms with E-state index in [1.54, 1.807) is 7.11 Å². The first-order valence-electron chi connectivity index (χ1n) is 8.27. The number of rotatable bonds is 5. The van der Waals surface area contributed by atoms with E-state index in [9.17, 15) is 4.79 Å². The quantitative estimate of drug-likeness (QED) is 0.844. The molecule has 1 aliphatic carbocycles. The summed E-state index contributed by atoms with van der Waals surface area (Å²) in [5.41, 5.74) is 0.543. The molecule has 1 N–H and O–H groups in total. The summed E-state index contributed by atoms with van der Waals surface area (Å²) in [6.07, 6.45) is 6.97. The van der Waals surface area contributed by atoms with Crippen LogP contribution in [0.3, 0.4) is 0 Å². The van der Waals surface area contributed by atoms with Gasteiger partial charge in [0.05, 0.1) is 6.61 Å². The Balaban J connectivity index is 1.46. The molecule has 1 atom stereocenters. The summed E-state index contributed by atoms with van der Waals surface area (Å²) in [6.45, 7) is 5.02. The zero-order valence-electron chi connectivity index (χ0n) is 13.2. The third-order valence-corrected chi connectivity index (χ3v) is 5.78. The van der Waals surface area contributed by atoms with Crippen LogP contribution in [0.5, 0.6) is 0 Å². The molecule has 3 fully saturated rings. The van der Waals surface area contributed by atoms with Gasteiger partial charge in [-0.3, -0.25) is 0 Å². The molecule has 5 heteroatoms. The van der Waals surface area contributed by atoms with Crippen LogP contribution in [-0.2, 0) is 9.47 Å². The molecule has 2 aliphatic heterocycles. The summed E-state index contributed by atoms with van der Waals surface area (Å²) in [6, 6.07) is 0.113. The minimum Gasteiger partial charge on any atom is -0.385 e. The number of ether oxygens (including phenoxy) is 2. The SMILES string of the molecule is COCCC1(CNC(=O)N2CC[C@]3(CCOC3)C2)CCC1. The van der Waals surface area contributed by atoms with Gasteiger partial charge in [-0.15, -0.1) is 0 Å². The first kappa shape index (κ1) is 15.1. The van der Waals surface area contributed by atoms with Crippen LogP contribution in [0.2, 0.25) is 0 Å². The fraction of sp³-hybridized carbons (Fsp3) is 0.938. The van der Waals surface area contributed by atoms with E-state index in [4.69, 9.17) is 9.47 Å². The number of methoxy groups -OCH3 is 1. The molecular weight excluding hydrogens is 268 g/mol. The number of urea groups is 1. The van der Waals surface area contributed by atoms with Crippen molar-refractivity contribution in [3.63, 3.8) is 0 Å². The van der Waals surface area contributed by atoms with E-state index in [1.165, 1.54) is 19.3 Å². The van der Waals surface area contributed by atoms with Crippen LogP contribution in [-0.4, -0.2) is 57.5 Å². The molecule has 0 unspecified atom stereocenters. The van der Waals surface area contributed by atoms with Crippen LogP contribution in [0.4, 0.5) is 4.79 Å². The number of carbonyl (C=O) groups is 1. The van der Waals surface area contributed by atoms with E-state index in [-0.39, 0.29) is 11.4 Å². The Kier molecular flexibility index (Phi) is 4.41. The smallest absolute Gasteiger partial charge is 0.317 e. The zero-order chi connectivity index (χ0) is 14.8. The first-order valence-corrected chi connectivity index (χ1v) is 8.27. The van der Waals surface area contributed by atoms with Gasteiger partial charge in [0.2, 0.25) is 0 Å². The zero-order valence-corrected chi connectivity index (χ0v) is 13.2. The monoisotopic (exact) mass is 296 g/mol. The van der Waals surface area contributed by atoms with Crippen molar-refractivity contribution >= 4 is 6.03 Å². The molecule has 0 radical (unpaired) electrons. The maximum Gasteiger partial charge on any atom is 0.317 e. The second-order valence-corrected chi connectivity index (χ2v) is 7.23. The van der Waals surface area contributed by atoms with Crippen molar-refractivity contribution in [2.24, 2.45) is 10.8 Å². The Bertz CT molecular complexity index is 376. The third-order valence-electron chi connectivity index (χ3n) is 5.78. The Morgan fingerprint density at radius 2 is 2.19 bits per heavy atom. The number of hydrogen-bond acceptors (Lipinski definition) is 3. The average molecular weight is 296 g/mol. The standard InChI is InChI=1S/C16H28N2O3/c1-20-9-6-15(3-2-4-15)11-17-14(19)18-8-5-16(12-18)7-10-21-13-16/h2-13H2,1H3,(H,17,19)/t16-/m0/s1. The summed E-state index contributed by atoms with van der Waals surface area (Å²) in [4.78, 5) is 14.4. The van der Waals surface area contributed by atoms with Gasteiger partial charge in [-0.25, -0.2) is 4.79 Å². The number of hydrogen-bond donors (Lipinski definition) is 1. The van der Waals surface area contributed by atoms with Crippen LogP contribution in [0.1, 0.15) is 38.5 Å². The fourth-order valence-corrected chi connectivity index (χ4v) is 3.97. The minimum absolute atomic E-state index is 0.113. The number of nitrogens with one attached hydrogen (secondary N) is 1. The molecule has 0 aromatic carbocycles. The van der Waals surface area contributed by atoms with Crippen LogP contribution >= 0.6 is 0 Å². The lowest BCUT2D eigenvalue weighted by Crippen LogP contribution is -2.47. The molecule has 5 nitrogen and oxygen atoms in total. The number of likely N-dealkylation sites (tertiary alicyclic amines) is 1. The molecule has 3 aliphatic rings. The van der Waals surface area contributed by atoms with Gasteiger partial charge in [-0.05, 0) is 37.5 Å². The highest BCUT2D eigenvalue weighted by atomic mass is 16.5. The molecule has 120 valence electrons. The van der Waals surface area contributed by atoms with Gasteiger partial charge < -0.3 is 19.7 Å². The Hall–Kier alpha value is -0.810. The van der Waals surface area contributed by atoms with Crippen molar-refractivity contribution in [3.8, 4) is 0 Å². The topological polar surface area (TPSA) is 50.8 Å². The van der Waals surface area contributed by atoms with Gasteiger partial charge in [-0.1, -0.05) is 6.42 Å². The van der Waals surface area contributed by atoms with Gasteiger partial charge in [0, 0.05) is 45.4 Å². The molecule has 0 bridgehead atoms. The van der Waals surface area contributed by atoms with E-state index in [2.05, 4.69) is 5.32 Å². The number of carbonyl (C=O) groups excluding carboxylic acids is 1. The fourth-order valence-electron chi connectivity index (χ4n) is 3.97. The van der Waals surface area contributed by atoms with Crippen LogP contribution in [0, 0.1) is 10.8 Å². The summed E-state index contributed by atoms with van der Waals surface area (Å²) in [7, 11) is 1.75. The second-order valence-electron chi connectivity index (χ2n) is 7.23. The van der Waals surface area contributed by atoms with Crippen molar-refractivity contribution in [1.29, 1.82) is 0 Å². The lowest BCUT2D eigenvalue weighted by molar-refractivity contribution is 0.0695. The van der Waals surface area contributed by atoms with Crippen molar-refractivity contribution in [2.45, 2.75) is 38.5 Å². The highest BCUT2D eigenvalue weighted by Crippen LogP contribution is 2.43. The lowest BCUT2D eigenvalue weighted by Gasteiger charge is -2.42. The van der Waals surface area contributed by atoms with Crippen molar-refractivity contribution in [2.75, 3.05) is 46.6 Å². The maximum atomic E-state index is 12.4. The molecule has 0 aromatic heterocycles. The molecule has 2 amide bonds. The van der Waals surface area contributed by atoms with Crippen LogP contribution < -0.4 is 5.32 Å². The van der Waals surface area contributed by atoms with Gasteiger partial charge in [0.25, 0.3) is 0 Å². The second kappa shape index (κ2) is 6.13. The Morgan fingerprint density at radius 1 is 1.33 bits per heavy atom. The number of nitrogens with zero attached hydrogens (tertiary/aromatic N) is 1. The third kappa shape index (κ3) is 3.19. The molecule has 1 saturated carbocycles. The van der Waals surface area contributed by atoms with Crippen molar-refractivity contribution in [1.82, 2.24) is 10.2 Å². The van der Waals surface area contributed by atoms with Crippen molar-refractivity contribution in [3.05, 3.63) is 0 Å². The molecule has 21 heavy (non-hydrogen) atoms. The maximum absolute atomic E-state index is 12.4. The molecule has 2 heterocycles. The average Bonchev–Trinajstić information content (AvgIpc) is 3.08. The normalized spacial score (nSPS) is 30.6.